The number of rotatable bonds is 5. The van der Waals surface area contributed by atoms with Gasteiger partial charge in [0, 0.05) is 29.8 Å². The van der Waals surface area contributed by atoms with E-state index in [1.807, 2.05) is 0 Å². The maximum Gasteiger partial charge on any atom is 0.258 e. The van der Waals surface area contributed by atoms with E-state index in [0.717, 1.165) is 0 Å². The van der Waals surface area contributed by atoms with Crippen LogP contribution in [0.3, 0.4) is 0 Å². The molecule has 4 rings (SSSR count). The minimum absolute atomic E-state index is 0.0597. The first-order valence-electron chi connectivity index (χ1n) is 10.7. The molecular weight excluding hydrogens is 433 g/mol. The molecule has 1 aliphatic rings. The molecule has 2 aromatic carbocycles. The molecule has 0 amide bonds. The van der Waals surface area contributed by atoms with Crippen LogP contribution in [0.2, 0.25) is 0 Å². The highest BCUT2D eigenvalue weighted by molar-refractivity contribution is 7.91. The van der Waals surface area contributed by atoms with Crippen LogP contribution in [0.1, 0.15) is 32.6 Å². The molecule has 0 atom stereocenters. The van der Waals surface area contributed by atoms with Crippen molar-refractivity contribution >= 4 is 20.6 Å². The van der Waals surface area contributed by atoms with Crippen molar-refractivity contribution in [3.8, 4) is 16.9 Å². The Balaban J connectivity index is 1.93. The Morgan fingerprint density at radius 1 is 1.06 bits per heavy atom. The van der Waals surface area contributed by atoms with Crippen LogP contribution in [0.15, 0.2) is 52.3 Å². The minimum atomic E-state index is -3.50. The predicted octanol–water partition coefficient (Wildman–Crippen LogP) is 3.82. The molecular formula is C24H26FNO5S. The van der Waals surface area contributed by atoms with Crippen molar-refractivity contribution in [3.63, 3.8) is 0 Å². The number of fused-ring (bicyclic) bond motifs is 1. The molecule has 1 aromatic heterocycles. The highest BCUT2D eigenvalue weighted by Crippen LogP contribution is 2.38. The van der Waals surface area contributed by atoms with Gasteiger partial charge in [0.05, 0.1) is 22.9 Å². The molecule has 1 fully saturated rings. The molecule has 32 heavy (non-hydrogen) atoms. The van der Waals surface area contributed by atoms with Gasteiger partial charge in [-0.25, -0.2) is 12.8 Å². The van der Waals surface area contributed by atoms with Gasteiger partial charge in [-0.3, -0.25) is 4.79 Å². The minimum Gasteiger partial charge on any atom is -0.490 e. The number of aliphatic hydroxyl groups excluding tert-OH is 1. The number of nitrogens with zero attached hydrogens (tertiary/aromatic N) is 1. The Labute approximate surface area is 186 Å². The average molecular weight is 460 g/mol. The molecule has 170 valence electrons. The Morgan fingerprint density at radius 3 is 2.47 bits per heavy atom. The van der Waals surface area contributed by atoms with Gasteiger partial charge in [0.1, 0.15) is 11.6 Å². The molecule has 0 unspecified atom stereocenters. The van der Waals surface area contributed by atoms with E-state index in [4.69, 9.17) is 4.74 Å². The summed E-state index contributed by atoms with van der Waals surface area (Å²) in [5.74, 6) is -0.0887. The smallest absolute Gasteiger partial charge is 0.258 e. The lowest BCUT2D eigenvalue weighted by molar-refractivity contribution is 0.0668. The van der Waals surface area contributed by atoms with Crippen LogP contribution in [0.4, 0.5) is 4.39 Å². The topological polar surface area (TPSA) is 85.6 Å². The zero-order valence-electron chi connectivity index (χ0n) is 18.0. The van der Waals surface area contributed by atoms with Crippen molar-refractivity contribution in [1.82, 2.24) is 4.57 Å². The van der Waals surface area contributed by atoms with E-state index in [1.165, 1.54) is 34.9 Å². The van der Waals surface area contributed by atoms with Gasteiger partial charge in [-0.15, -0.1) is 0 Å². The summed E-state index contributed by atoms with van der Waals surface area (Å²) >= 11 is 0. The van der Waals surface area contributed by atoms with Crippen molar-refractivity contribution in [2.24, 2.45) is 7.05 Å². The fourth-order valence-electron chi connectivity index (χ4n) is 4.18. The van der Waals surface area contributed by atoms with Gasteiger partial charge in [0.25, 0.3) is 5.56 Å². The van der Waals surface area contributed by atoms with E-state index in [1.54, 1.807) is 26.2 Å². The Morgan fingerprint density at radius 2 is 1.78 bits per heavy atom. The van der Waals surface area contributed by atoms with Gasteiger partial charge < -0.3 is 14.4 Å². The van der Waals surface area contributed by atoms with Gasteiger partial charge in [0.2, 0.25) is 0 Å². The summed E-state index contributed by atoms with van der Waals surface area (Å²) < 4.78 is 46.9. The lowest BCUT2D eigenvalue weighted by Crippen LogP contribution is -2.26. The second-order valence-electron chi connectivity index (χ2n) is 8.26. The molecule has 0 radical (unpaired) electrons. The summed E-state index contributed by atoms with van der Waals surface area (Å²) in [5.41, 5.74) is 0.724. The Hall–Kier alpha value is -2.71. The summed E-state index contributed by atoms with van der Waals surface area (Å²) in [7, 11) is -1.90. The van der Waals surface area contributed by atoms with Gasteiger partial charge in [-0.05, 0) is 67.5 Å². The van der Waals surface area contributed by atoms with Crippen LogP contribution in [0, 0.1) is 5.82 Å². The molecule has 8 heteroatoms. The first-order valence-corrected chi connectivity index (χ1v) is 12.4. The SMILES string of the molecule is CCS(=O)(=O)c1ccc(OC2CCC(O)CC2)c(-c2cn(C)c(=O)c3ccc(F)cc23)c1. The van der Waals surface area contributed by atoms with Crippen molar-refractivity contribution in [1.29, 1.82) is 0 Å². The molecule has 1 N–H and O–H groups in total. The molecule has 1 saturated carbocycles. The summed E-state index contributed by atoms with van der Waals surface area (Å²) in [6, 6.07) is 8.63. The number of halogens is 1. The molecule has 6 nitrogen and oxygen atoms in total. The number of ether oxygens (including phenoxy) is 1. The van der Waals surface area contributed by atoms with Gasteiger partial charge in [-0.2, -0.15) is 0 Å². The number of sulfone groups is 1. The lowest BCUT2D eigenvalue weighted by atomic mass is 9.94. The third-order valence-corrected chi connectivity index (χ3v) is 7.80. The largest absolute Gasteiger partial charge is 0.490 e. The zero-order chi connectivity index (χ0) is 23.0. The molecule has 1 aliphatic carbocycles. The second kappa shape index (κ2) is 8.67. The second-order valence-corrected chi connectivity index (χ2v) is 10.5. The number of aliphatic hydroxyl groups is 1. The van der Waals surface area contributed by atoms with Gasteiger partial charge >= 0.3 is 0 Å². The maximum atomic E-state index is 14.1. The van der Waals surface area contributed by atoms with E-state index >= 15 is 0 Å². The maximum absolute atomic E-state index is 14.1. The van der Waals surface area contributed by atoms with Crippen LogP contribution in [0.25, 0.3) is 21.9 Å². The fraction of sp³-hybridized carbons (Fsp3) is 0.375. The van der Waals surface area contributed by atoms with Crippen molar-refractivity contribution in [2.75, 3.05) is 5.75 Å². The first-order chi connectivity index (χ1) is 15.2. The number of aryl methyl sites for hydroxylation is 1. The monoisotopic (exact) mass is 459 g/mol. The first kappa shape index (κ1) is 22.5. The predicted molar refractivity (Wildman–Crippen MR) is 121 cm³/mol. The fourth-order valence-corrected chi connectivity index (χ4v) is 5.08. The van der Waals surface area contributed by atoms with Crippen molar-refractivity contribution in [3.05, 3.63) is 58.8 Å². The van der Waals surface area contributed by atoms with E-state index in [-0.39, 0.29) is 28.4 Å². The van der Waals surface area contributed by atoms with E-state index in [9.17, 15) is 22.7 Å². The number of benzene rings is 2. The van der Waals surface area contributed by atoms with Gasteiger partial charge in [-0.1, -0.05) is 6.92 Å². The van der Waals surface area contributed by atoms with Gasteiger partial charge in [0.15, 0.2) is 9.84 Å². The molecule has 0 bridgehead atoms. The van der Waals surface area contributed by atoms with E-state index in [2.05, 4.69) is 0 Å². The van der Waals surface area contributed by atoms with Crippen LogP contribution in [-0.2, 0) is 16.9 Å². The highest BCUT2D eigenvalue weighted by atomic mass is 32.2. The Kier molecular flexibility index (Phi) is 6.09. The molecule has 1 heterocycles. The highest BCUT2D eigenvalue weighted by Gasteiger charge is 2.24. The molecule has 0 saturated heterocycles. The van der Waals surface area contributed by atoms with Crippen LogP contribution in [-0.4, -0.2) is 36.1 Å². The molecule has 0 aliphatic heterocycles. The van der Waals surface area contributed by atoms with Crippen LogP contribution >= 0.6 is 0 Å². The zero-order valence-corrected chi connectivity index (χ0v) is 18.9. The standard InChI is InChI=1S/C24H26FNO5S/c1-3-32(29,30)18-9-11-23(31-17-7-5-16(27)6-8-17)21(13-18)22-14-26(2)24(28)19-10-4-15(25)12-20(19)22/h4,9-14,16-17,27H,3,5-8H2,1-2H3. The van der Waals surface area contributed by atoms with Crippen molar-refractivity contribution < 1.29 is 22.7 Å². The molecule has 3 aromatic rings. The summed E-state index contributed by atoms with van der Waals surface area (Å²) in [4.78, 5) is 12.8. The number of hydrogen-bond donors (Lipinski definition) is 1. The van der Waals surface area contributed by atoms with Crippen LogP contribution < -0.4 is 10.3 Å². The van der Waals surface area contributed by atoms with Crippen LogP contribution in [0.5, 0.6) is 5.75 Å². The summed E-state index contributed by atoms with van der Waals surface area (Å²) in [6.45, 7) is 1.57. The molecule has 0 spiro atoms. The normalized spacial score (nSPS) is 19.2. The average Bonchev–Trinajstić information content (AvgIpc) is 2.78. The number of pyridine rings is 1. The summed E-state index contributed by atoms with van der Waals surface area (Å²) in [6.07, 6.45) is 3.76. The number of hydrogen-bond acceptors (Lipinski definition) is 5. The number of aromatic nitrogens is 1. The van der Waals surface area contributed by atoms with E-state index in [0.29, 0.717) is 53.3 Å². The van der Waals surface area contributed by atoms with Crippen molar-refractivity contribution in [2.45, 2.75) is 49.7 Å². The third-order valence-electron chi connectivity index (χ3n) is 6.06. The quantitative estimate of drug-likeness (QED) is 0.627. The third kappa shape index (κ3) is 4.29. The Bertz CT molecular complexity index is 1320. The van der Waals surface area contributed by atoms with E-state index < -0.39 is 15.7 Å². The summed E-state index contributed by atoms with van der Waals surface area (Å²) in [5, 5.41) is 10.5. The lowest BCUT2D eigenvalue weighted by Gasteiger charge is -2.27.